The highest BCUT2D eigenvalue weighted by molar-refractivity contribution is 5.92. The van der Waals surface area contributed by atoms with Crippen LogP contribution in [0.5, 0.6) is 0 Å². The Kier molecular flexibility index (Phi) is 7.10. The molecule has 3 heterocycles. The van der Waals surface area contributed by atoms with Gasteiger partial charge in [0.1, 0.15) is 0 Å². The molecule has 0 unspecified atom stereocenters. The topological polar surface area (TPSA) is 52.2 Å². The minimum atomic E-state index is -0.137. The Morgan fingerprint density at radius 3 is 2.31 bits per heavy atom. The molecule has 0 aliphatic carbocycles. The van der Waals surface area contributed by atoms with Crippen LogP contribution >= 0.6 is 0 Å². The number of H-pyrrole nitrogens is 1. The number of aromatic amines is 1. The van der Waals surface area contributed by atoms with Crippen molar-refractivity contribution in [3.05, 3.63) is 52.8 Å². The summed E-state index contributed by atoms with van der Waals surface area (Å²) in [4.78, 5) is 25.2. The average Bonchev–Trinajstić information content (AvgIpc) is 3.17. The molecule has 1 aromatic carbocycles. The maximum atomic E-state index is 12.7. The normalized spacial score (nSPS) is 15.8. The molecule has 1 saturated heterocycles. The summed E-state index contributed by atoms with van der Waals surface area (Å²) in [5.41, 5.74) is 8.41. The van der Waals surface area contributed by atoms with Gasteiger partial charge in [-0.25, -0.2) is 0 Å². The van der Waals surface area contributed by atoms with Crippen molar-refractivity contribution < 1.29 is 4.79 Å². The number of fused-ring (bicyclic) bond motifs is 1. The largest absolute Gasteiger partial charge is 0.354 e. The van der Waals surface area contributed by atoms with Gasteiger partial charge < -0.3 is 9.88 Å². The van der Waals surface area contributed by atoms with Crippen LogP contribution in [-0.2, 0) is 4.79 Å². The first-order chi connectivity index (χ1) is 16.4. The molecule has 4 rings (SSSR count). The highest BCUT2D eigenvalue weighted by Crippen LogP contribution is 2.38. The molecule has 0 saturated carbocycles. The van der Waals surface area contributed by atoms with Crippen molar-refractivity contribution in [1.29, 1.82) is 0 Å². The van der Waals surface area contributed by atoms with E-state index in [1.54, 1.807) is 0 Å². The zero-order chi connectivity index (χ0) is 25.5. The van der Waals surface area contributed by atoms with E-state index < -0.39 is 0 Å². The monoisotopic (exact) mass is 474 g/mol. The van der Waals surface area contributed by atoms with Gasteiger partial charge in [-0.05, 0) is 108 Å². The lowest BCUT2D eigenvalue weighted by Gasteiger charge is -2.36. The number of nitrogens with one attached hydrogen (secondary N) is 1. The lowest BCUT2D eigenvalue weighted by atomic mass is 9.87. The van der Waals surface area contributed by atoms with E-state index in [0.29, 0.717) is 18.4 Å². The van der Waals surface area contributed by atoms with Gasteiger partial charge in [0.25, 0.3) is 0 Å². The summed E-state index contributed by atoms with van der Waals surface area (Å²) >= 11 is 0. The summed E-state index contributed by atoms with van der Waals surface area (Å²) < 4.78 is 0. The van der Waals surface area contributed by atoms with Crippen LogP contribution < -0.4 is 0 Å². The first-order valence-corrected chi connectivity index (χ1v) is 13.0. The number of rotatable bonds is 5. The third kappa shape index (κ3) is 5.45. The van der Waals surface area contributed by atoms with Gasteiger partial charge in [-0.1, -0.05) is 19.9 Å². The third-order valence-corrected chi connectivity index (χ3v) is 7.61. The Bertz CT molecular complexity index is 1190. The van der Waals surface area contributed by atoms with E-state index in [9.17, 15) is 4.79 Å². The Labute approximate surface area is 210 Å². The molecular weight excluding hydrogens is 432 g/mol. The summed E-state index contributed by atoms with van der Waals surface area (Å²) in [6.07, 6.45) is 2.18. The number of likely N-dealkylation sites (tertiary alicyclic amines) is 1. The van der Waals surface area contributed by atoms with Gasteiger partial charge in [0.05, 0.1) is 12.2 Å². The highest BCUT2D eigenvalue weighted by atomic mass is 16.2. The van der Waals surface area contributed by atoms with E-state index in [1.807, 2.05) is 11.9 Å². The number of likely N-dealkylation sites (N-methyl/N-ethyl adjacent to an activating group) is 1. The standard InChI is InChI=1S/C30H42N4O/c1-19(2)28-25-17-23(9-10-26(25)32-29(28)24-15-20(3)31-21(4)16-24)22-11-13-34(14-12-22)18-27(35)33(8)30(5,6)7/h9-10,15-17,19,22,32H,11-14,18H2,1-8H3. The van der Waals surface area contributed by atoms with Crippen molar-refractivity contribution in [2.75, 3.05) is 26.7 Å². The molecule has 0 bridgehead atoms. The molecule has 1 aliphatic heterocycles. The minimum absolute atomic E-state index is 0.137. The van der Waals surface area contributed by atoms with Gasteiger partial charge >= 0.3 is 0 Å². The number of aryl methyl sites for hydroxylation is 2. The predicted molar refractivity (Wildman–Crippen MR) is 146 cm³/mol. The average molecular weight is 475 g/mol. The number of carbonyl (C=O) groups is 1. The first kappa shape index (κ1) is 25.4. The number of pyridine rings is 1. The maximum absolute atomic E-state index is 12.7. The molecule has 188 valence electrons. The van der Waals surface area contributed by atoms with Gasteiger partial charge in [0.2, 0.25) is 5.91 Å². The maximum Gasteiger partial charge on any atom is 0.236 e. The molecular formula is C30H42N4O. The number of piperidine rings is 1. The van der Waals surface area contributed by atoms with Crippen LogP contribution in [0.2, 0.25) is 0 Å². The number of benzene rings is 1. The fourth-order valence-electron chi connectivity index (χ4n) is 5.39. The molecule has 5 nitrogen and oxygen atoms in total. The third-order valence-electron chi connectivity index (χ3n) is 7.61. The summed E-state index contributed by atoms with van der Waals surface area (Å²) in [5.74, 6) is 1.16. The second-order valence-electron chi connectivity index (χ2n) is 11.7. The van der Waals surface area contributed by atoms with Gasteiger partial charge in [-0.2, -0.15) is 0 Å². The number of carbonyl (C=O) groups excluding carboxylic acids is 1. The summed E-state index contributed by atoms with van der Waals surface area (Å²) in [5, 5.41) is 1.34. The van der Waals surface area contributed by atoms with Crippen molar-refractivity contribution in [3.63, 3.8) is 0 Å². The Hall–Kier alpha value is -2.66. The van der Waals surface area contributed by atoms with Gasteiger partial charge in [-0.15, -0.1) is 0 Å². The lowest BCUT2D eigenvalue weighted by Crippen LogP contribution is -2.48. The molecule has 0 radical (unpaired) electrons. The smallest absolute Gasteiger partial charge is 0.236 e. The van der Waals surface area contributed by atoms with Crippen LogP contribution in [0.15, 0.2) is 30.3 Å². The molecule has 1 aliphatic rings. The van der Waals surface area contributed by atoms with Gasteiger partial charge in [0.15, 0.2) is 0 Å². The number of nitrogens with zero attached hydrogens (tertiary/aromatic N) is 3. The van der Waals surface area contributed by atoms with Crippen LogP contribution in [0.4, 0.5) is 0 Å². The molecule has 1 N–H and O–H groups in total. The van der Waals surface area contributed by atoms with Crippen LogP contribution in [0, 0.1) is 13.8 Å². The first-order valence-electron chi connectivity index (χ1n) is 13.0. The molecule has 1 amide bonds. The van der Waals surface area contributed by atoms with Crippen molar-refractivity contribution in [1.82, 2.24) is 19.8 Å². The Morgan fingerprint density at radius 1 is 1.11 bits per heavy atom. The van der Waals surface area contributed by atoms with Crippen LogP contribution in [-0.4, -0.2) is 57.9 Å². The van der Waals surface area contributed by atoms with Crippen LogP contribution in [0.25, 0.3) is 22.2 Å². The molecule has 0 atom stereocenters. The predicted octanol–water partition coefficient (Wildman–Crippen LogP) is 6.41. The summed E-state index contributed by atoms with van der Waals surface area (Å²) in [6, 6.07) is 11.3. The van der Waals surface area contributed by atoms with Crippen molar-refractivity contribution >= 4 is 16.8 Å². The minimum Gasteiger partial charge on any atom is -0.354 e. The number of hydrogen-bond donors (Lipinski definition) is 1. The number of hydrogen-bond acceptors (Lipinski definition) is 3. The van der Waals surface area contributed by atoms with E-state index in [4.69, 9.17) is 0 Å². The van der Waals surface area contributed by atoms with E-state index in [2.05, 4.69) is 93.7 Å². The van der Waals surface area contributed by atoms with E-state index in [0.717, 1.165) is 37.3 Å². The zero-order valence-corrected chi connectivity index (χ0v) is 22.8. The quantitative estimate of drug-likeness (QED) is 0.465. The van der Waals surface area contributed by atoms with E-state index >= 15 is 0 Å². The molecule has 0 spiro atoms. The molecule has 1 fully saturated rings. The van der Waals surface area contributed by atoms with Crippen molar-refractivity contribution in [2.45, 2.75) is 78.7 Å². The van der Waals surface area contributed by atoms with Crippen LogP contribution in [0.3, 0.4) is 0 Å². The Morgan fingerprint density at radius 2 is 1.74 bits per heavy atom. The van der Waals surface area contributed by atoms with Crippen molar-refractivity contribution in [2.24, 2.45) is 0 Å². The second kappa shape index (κ2) is 9.77. The molecule has 2 aromatic heterocycles. The highest BCUT2D eigenvalue weighted by Gasteiger charge is 2.27. The molecule has 35 heavy (non-hydrogen) atoms. The summed E-state index contributed by atoms with van der Waals surface area (Å²) in [6.45, 7) is 17.4. The number of aromatic nitrogens is 2. The van der Waals surface area contributed by atoms with Gasteiger partial charge in [0, 0.05) is 40.4 Å². The summed E-state index contributed by atoms with van der Waals surface area (Å²) in [7, 11) is 1.91. The zero-order valence-electron chi connectivity index (χ0n) is 22.8. The van der Waals surface area contributed by atoms with Crippen molar-refractivity contribution in [3.8, 4) is 11.3 Å². The van der Waals surface area contributed by atoms with E-state index in [-0.39, 0.29) is 11.4 Å². The Balaban J connectivity index is 1.55. The number of amides is 1. The van der Waals surface area contributed by atoms with Gasteiger partial charge in [-0.3, -0.25) is 14.7 Å². The second-order valence-corrected chi connectivity index (χ2v) is 11.7. The molecule has 5 heteroatoms. The molecule has 3 aromatic rings. The van der Waals surface area contributed by atoms with E-state index in [1.165, 1.54) is 33.3 Å². The SMILES string of the molecule is Cc1cc(-c2[nH]c3ccc(C4CCN(CC(=O)N(C)C(C)(C)C)CC4)cc3c2C(C)C)cc(C)n1. The van der Waals surface area contributed by atoms with Crippen LogP contribution in [0.1, 0.15) is 81.8 Å². The fourth-order valence-corrected chi connectivity index (χ4v) is 5.39. The fraction of sp³-hybridized carbons (Fsp3) is 0.533. The lowest BCUT2D eigenvalue weighted by molar-refractivity contribution is -0.135.